The molecule has 0 radical (unpaired) electrons. The van der Waals surface area contributed by atoms with Gasteiger partial charge >= 0.3 is 0 Å². The first-order valence-corrected chi connectivity index (χ1v) is 14.9. The Morgan fingerprint density at radius 3 is 1.37 bits per heavy atom. The van der Waals surface area contributed by atoms with Gasteiger partial charge in [0.1, 0.15) is 12.2 Å². The van der Waals surface area contributed by atoms with Gasteiger partial charge in [-0.1, -0.05) is 88.8 Å². The molecule has 0 aliphatic carbocycles. The molecular formula is C33H66N8. The molecule has 5 heterocycles. The van der Waals surface area contributed by atoms with Crippen LogP contribution in [0, 0.1) is 0 Å². The third kappa shape index (κ3) is 44.1. The lowest BCUT2D eigenvalue weighted by Crippen LogP contribution is -1.87. The standard InChI is InChI=1S/2C5H7N.3C4H6N2.5C2H6.CH4/c2*1-5-3-2-4-6-5;1-4-2-5-3-6-4;1-4-5-2-3-6-4;1-4-2-3-5-6-4;5*1-2;/h3-4H,2H2,1H3;2,4H,3H2,1H3;3H,2H2,1H3;2H,3H2,1H3;3H,2H2,1H3;5*1-2H3;1H4. The van der Waals surface area contributed by atoms with E-state index in [1.807, 2.05) is 116 Å². The van der Waals surface area contributed by atoms with Gasteiger partial charge in [0.2, 0.25) is 0 Å². The Labute approximate surface area is 255 Å². The molecule has 0 aromatic rings. The zero-order valence-electron chi connectivity index (χ0n) is 28.7. The van der Waals surface area contributed by atoms with Crippen LogP contribution in [0.3, 0.4) is 0 Å². The summed E-state index contributed by atoms with van der Waals surface area (Å²) in [7, 11) is 0. The highest BCUT2D eigenvalue weighted by molar-refractivity contribution is 5.96. The Kier molecular flexibility index (Phi) is 57.7. The minimum absolute atomic E-state index is 0. The minimum Gasteiger partial charge on any atom is -0.267 e. The van der Waals surface area contributed by atoms with Crippen LogP contribution in [-0.2, 0) is 0 Å². The normalized spacial score (nSPS) is 14.3. The third-order valence-corrected chi connectivity index (χ3v) is 3.68. The molecule has 0 spiro atoms. The van der Waals surface area contributed by atoms with E-state index in [4.69, 9.17) is 0 Å². The molecule has 0 saturated heterocycles. The predicted octanol–water partition coefficient (Wildman–Crippen LogP) is 10.3. The fourth-order valence-corrected chi connectivity index (χ4v) is 2.02. The molecule has 0 aromatic heterocycles. The van der Waals surface area contributed by atoms with Crippen LogP contribution in [-0.4, -0.2) is 61.0 Å². The first-order valence-electron chi connectivity index (χ1n) is 14.9. The van der Waals surface area contributed by atoms with E-state index in [9.17, 15) is 0 Å². The molecule has 0 amide bonds. The van der Waals surface area contributed by atoms with Crippen LogP contribution >= 0.6 is 0 Å². The zero-order chi connectivity index (χ0) is 32.0. The van der Waals surface area contributed by atoms with Crippen LogP contribution in [0.4, 0.5) is 0 Å². The van der Waals surface area contributed by atoms with Crippen LogP contribution in [0.25, 0.3) is 0 Å². The van der Waals surface area contributed by atoms with Gasteiger partial charge in [-0.3, -0.25) is 20.0 Å². The summed E-state index contributed by atoms with van der Waals surface area (Å²) < 4.78 is 0. The van der Waals surface area contributed by atoms with Crippen molar-refractivity contribution in [3.8, 4) is 0 Å². The van der Waals surface area contributed by atoms with Crippen molar-refractivity contribution in [1.82, 2.24) is 0 Å². The van der Waals surface area contributed by atoms with Gasteiger partial charge in [0, 0.05) is 66.9 Å². The van der Waals surface area contributed by atoms with Crippen LogP contribution in [0.2, 0.25) is 0 Å². The Balaban J connectivity index is -0.0000000862. The summed E-state index contributed by atoms with van der Waals surface area (Å²) >= 11 is 0. The Bertz CT molecular complexity index is 737. The van der Waals surface area contributed by atoms with E-state index in [0.29, 0.717) is 0 Å². The molecule has 41 heavy (non-hydrogen) atoms. The number of nitrogens with zero attached hydrogens (tertiary/aromatic N) is 8. The molecular weight excluding hydrogens is 508 g/mol. The molecule has 0 atom stereocenters. The molecule has 8 heteroatoms. The van der Waals surface area contributed by atoms with Crippen molar-refractivity contribution in [1.29, 1.82) is 0 Å². The molecule has 0 N–H and O–H groups in total. The highest BCUT2D eigenvalue weighted by Crippen LogP contribution is 2.00. The summed E-state index contributed by atoms with van der Waals surface area (Å²) in [6.45, 7) is 31.4. The van der Waals surface area contributed by atoms with Crippen molar-refractivity contribution in [2.75, 3.05) is 13.1 Å². The van der Waals surface area contributed by atoms with E-state index >= 15 is 0 Å². The van der Waals surface area contributed by atoms with Crippen LogP contribution in [0.5, 0.6) is 0 Å². The first kappa shape index (κ1) is 50.7. The fourth-order valence-electron chi connectivity index (χ4n) is 2.02. The Morgan fingerprint density at radius 2 is 1.24 bits per heavy atom. The molecule has 238 valence electrons. The van der Waals surface area contributed by atoms with Crippen molar-refractivity contribution < 1.29 is 0 Å². The molecule has 0 unspecified atom stereocenters. The zero-order valence-corrected chi connectivity index (χ0v) is 28.7. The average molecular weight is 575 g/mol. The topological polar surface area (TPSA) is 98.9 Å². The number of rotatable bonds is 0. The van der Waals surface area contributed by atoms with Gasteiger partial charge in [0.15, 0.2) is 0 Å². The Hall–Kier alpha value is -3.16. The monoisotopic (exact) mass is 575 g/mol. The average Bonchev–Trinajstić information content (AvgIpc) is 3.86. The van der Waals surface area contributed by atoms with Crippen LogP contribution in [0.15, 0.2) is 64.2 Å². The number of hydrogen-bond acceptors (Lipinski definition) is 8. The molecule has 0 saturated carbocycles. The summed E-state index contributed by atoms with van der Waals surface area (Å²) in [4.78, 5) is 23.4. The molecule has 0 bridgehead atoms. The molecule has 8 nitrogen and oxygen atoms in total. The fraction of sp³-hybridized carbons (Fsp3) is 0.636. The second-order valence-corrected chi connectivity index (χ2v) is 6.70. The van der Waals surface area contributed by atoms with E-state index in [1.54, 1.807) is 18.8 Å². The number of aliphatic imine (C=N–C) groups is 6. The summed E-state index contributed by atoms with van der Waals surface area (Å²) in [5, 5.41) is 7.35. The SMILES string of the molecule is C.CC.CC.CC.CC.CC.CC1=CCC=N1.CC1=NC=CC1.CC1=NC=NC1.CC1=NCC=N1.CC1=NN=CC1. The van der Waals surface area contributed by atoms with E-state index in [2.05, 4.69) is 52.3 Å². The van der Waals surface area contributed by atoms with Gasteiger partial charge < -0.3 is 0 Å². The second kappa shape index (κ2) is 46.7. The largest absolute Gasteiger partial charge is 0.267 e. The highest BCUT2D eigenvalue weighted by atomic mass is 15.2. The summed E-state index contributed by atoms with van der Waals surface area (Å²) in [5.74, 6) is 0.898. The minimum atomic E-state index is 0. The van der Waals surface area contributed by atoms with Crippen molar-refractivity contribution in [2.45, 2.75) is 131 Å². The number of hydrogen-bond donors (Lipinski definition) is 0. The predicted molar refractivity (Wildman–Crippen MR) is 196 cm³/mol. The van der Waals surface area contributed by atoms with Gasteiger partial charge in [-0.2, -0.15) is 10.2 Å². The highest BCUT2D eigenvalue weighted by Gasteiger charge is 1.90. The van der Waals surface area contributed by atoms with Gasteiger partial charge in [-0.25, -0.2) is 9.98 Å². The van der Waals surface area contributed by atoms with Crippen molar-refractivity contribution >= 4 is 48.0 Å². The van der Waals surface area contributed by atoms with Gasteiger partial charge in [0.25, 0.3) is 0 Å². The van der Waals surface area contributed by atoms with Crippen LogP contribution < -0.4 is 0 Å². The first-order chi connectivity index (χ1) is 19.5. The lowest BCUT2D eigenvalue weighted by molar-refractivity contribution is 1.27. The third-order valence-electron chi connectivity index (χ3n) is 3.68. The molecule has 0 aromatic carbocycles. The Morgan fingerprint density at radius 1 is 0.634 bits per heavy atom. The summed E-state index contributed by atoms with van der Waals surface area (Å²) in [6.07, 6.45) is 16.1. The van der Waals surface area contributed by atoms with Gasteiger partial charge in [0.05, 0.1) is 13.1 Å². The van der Waals surface area contributed by atoms with Gasteiger partial charge in [-0.15, -0.1) is 0 Å². The summed E-state index contributed by atoms with van der Waals surface area (Å²) in [5.41, 5.74) is 4.58. The van der Waals surface area contributed by atoms with E-state index in [0.717, 1.165) is 55.3 Å². The second-order valence-electron chi connectivity index (χ2n) is 6.70. The maximum absolute atomic E-state index is 3.97. The lowest BCUT2D eigenvalue weighted by atomic mass is 10.3. The maximum Gasteiger partial charge on any atom is 0.120 e. The molecule has 5 aliphatic heterocycles. The molecule has 5 rings (SSSR count). The van der Waals surface area contributed by atoms with E-state index in [1.165, 1.54) is 5.71 Å². The molecule has 5 aliphatic rings. The lowest BCUT2D eigenvalue weighted by Gasteiger charge is -1.76. The smallest absolute Gasteiger partial charge is 0.120 e. The van der Waals surface area contributed by atoms with Crippen LogP contribution in [0.1, 0.15) is 131 Å². The maximum atomic E-state index is 3.97. The summed E-state index contributed by atoms with van der Waals surface area (Å²) in [6, 6.07) is 0. The van der Waals surface area contributed by atoms with Crippen molar-refractivity contribution in [3.05, 3.63) is 24.0 Å². The quantitative estimate of drug-likeness (QED) is 0.275. The number of amidine groups is 1. The van der Waals surface area contributed by atoms with Crippen molar-refractivity contribution in [3.63, 3.8) is 0 Å². The molecule has 0 fully saturated rings. The van der Waals surface area contributed by atoms with E-state index < -0.39 is 0 Å². The number of allylic oxidation sites excluding steroid dienone is 3. The van der Waals surface area contributed by atoms with E-state index in [-0.39, 0.29) is 7.43 Å². The van der Waals surface area contributed by atoms with Crippen molar-refractivity contribution in [2.24, 2.45) is 40.2 Å². The van der Waals surface area contributed by atoms with Gasteiger partial charge in [-0.05, 0) is 34.6 Å².